The molecule has 0 bridgehead atoms. The highest BCUT2D eigenvalue weighted by molar-refractivity contribution is 7.80. The van der Waals surface area contributed by atoms with Crippen molar-refractivity contribution in [1.29, 1.82) is 0 Å². The third kappa shape index (κ3) is 4.39. The molecule has 160 valence electrons. The molecule has 0 saturated carbocycles. The number of hydrogen-bond donors (Lipinski definition) is 2. The van der Waals surface area contributed by atoms with Gasteiger partial charge in [0.2, 0.25) is 5.91 Å². The molecular weight excluding hydrogens is 432 g/mol. The normalized spacial score (nSPS) is 18.0. The number of nitrogens with one attached hydrogen (secondary N) is 2. The molecule has 2 N–H and O–H groups in total. The van der Waals surface area contributed by atoms with Crippen molar-refractivity contribution in [3.8, 4) is 5.75 Å². The quantitative estimate of drug-likeness (QED) is 0.524. The Kier molecular flexibility index (Phi) is 6.45. The van der Waals surface area contributed by atoms with Gasteiger partial charge in [-0.15, -0.1) is 11.3 Å². The van der Waals surface area contributed by atoms with E-state index >= 15 is 0 Å². The fourth-order valence-corrected chi connectivity index (χ4v) is 4.84. The SMILES string of the molecule is COCC(=O)Nc1cc(N2C(=S)N[C@@H](c3ccccn3)[C@H]2c2cccs2)ccc1OC. The zero-order valence-electron chi connectivity index (χ0n) is 17.1. The van der Waals surface area contributed by atoms with Gasteiger partial charge in [-0.25, -0.2) is 0 Å². The topological polar surface area (TPSA) is 75.7 Å². The maximum absolute atomic E-state index is 12.1. The van der Waals surface area contributed by atoms with Gasteiger partial charge in [0.25, 0.3) is 0 Å². The summed E-state index contributed by atoms with van der Waals surface area (Å²) in [5, 5.41) is 8.92. The average molecular weight is 455 g/mol. The minimum absolute atomic E-state index is 0.0450. The Bertz CT molecular complexity index is 1060. The Morgan fingerprint density at radius 3 is 2.81 bits per heavy atom. The number of hydrogen-bond acceptors (Lipinski definition) is 6. The molecule has 2 aromatic heterocycles. The van der Waals surface area contributed by atoms with Crippen LogP contribution in [0.25, 0.3) is 0 Å². The van der Waals surface area contributed by atoms with E-state index in [0.29, 0.717) is 16.5 Å². The van der Waals surface area contributed by atoms with Crippen LogP contribution in [0, 0.1) is 0 Å². The largest absolute Gasteiger partial charge is 0.495 e. The van der Waals surface area contributed by atoms with Gasteiger partial charge in [0.05, 0.1) is 30.6 Å². The molecule has 1 aliphatic rings. The number of nitrogens with zero attached hydrogens (tertiary/aromatic N) is 2. The molecule has 0 aliphatic carbocycles. The number of amides is 1. The van der Waals surface area contributed by atoms with E-state index in [0.717, 1.165) is 16.3 Å². The van der Waals surface area contributed by atoms with Crippen LogP contribution in [-0.4, -0.2) is 36.8 Å². The molecular formula is C22H22N4O3S2. The van der Waals surface area contributed by atoms with Crippen molar-refractivity contribution in [2.75, 3.05) is 31.0 Å². The molecule has 0 unspecified atom stereocenters. The van der Waals surface area contributed by atoms with Crippen LogP contribution >= 0.6 is 23.6 Å². The lowest BCUT2D eigenvalue weighted by molar-refractivity contribution is -0.119. The molecule has 1 saturated heterocycles. The number of pyridine rings is 1. The number of thiophene rings is 1. The summed E-state index contributed by atoms with van der Waals surface area (Å²) in [6.45, 7) is -0.0450. The van der Waals surface area contributed by atoms with E-state index in [1.54, 1.807) is 24.6 Å². The van der Waals surface area contributed by atoms with Crippen molar-refractivity contribution in [3.05, 3.63) is 70.7 Å². The fourth-order valence-electron chi connectivity index (χ4n) is 3.64. The maximum Gasteiger partial charge on any atom is 0.250 e. The highest BCUT2D eigenvalue weighted by Gasteiger charge is 2.41. The lowest BCUT2D eigenvalue weighted by Crippen LogP contribution is -2.29. The van der Waals surface area contributed by atoms with Gasteiger partial charge in [-0.3, -0.25) is 9.78 Å². The first-order valence-electron chi connectivity index (χ1n) is 9.63. The molecule has 1 aliphatic heterocycles. The zero-order valence-corrected chi connectivity index (χ0v) is 18.7. The number of carbonyl (C=O) groups is 1. The second-order valence-corrected chi connectivity index (χ2v) is 8.24. The van der Waals surface area contributed by atoms with Gasteiger partial charge >= 0.3 is 0 Å². The van der Waals surface area contributed by atoms with Crippen LogP contribution in [0.3, 0.4) is 0 Å². The molecule has 4 rings (SSSR count). The second-order valence-electron chi connectivity index (χ2n) is 6.88. The molecule has 1 fully saturated rings. The molecule has 1 amide bonds. The molecule has 31 heavy (non-hydrogen) atoms. The number of methoxy groups -OCH3 is 2. The summed E-state index contributed by atoms with van der Waals surface area (Å²) < 4.78 is 10.4. The number of rotatable bonds is 7. The van der Waals surface area contributed by atoms with E-state index in [1.165, 1.54) is 7.11 Å². The van der Waals surface area contributed by atoms with E-state index in [9.17, 15) is 4.79 Å². The number of ether oxygens (including phenoxy) is 2. The Balaban J connectivity index is 1.75. The number of carbonyl (C=O) groups excluding carboxylic acids is 1. The van der Waals surface area contributed by atoms with Crippen LogP contribution in [0.1, 0.15) is 22.7 Å². The minimum Gasteiger partial charge on any atom is -0.495 e. The Morgan fingerprint density at radius 2 is 2.13 bits per heavy atom. The summed E-state index contributed by atoms with van der Waals surface area (Å²) in [7, 11) is 3.04. The summed E-state index contributed by atoms with van der Waals surface area (Å²) in [4.78, 5) is 19.9. The summed E-state index contributed by atoms with van der Waals surface area (Å²) in [5.41, 5.74) is 2.30. The van der Waals surface area contributed by atoms with Gasteiger partial charge in [-0.05, 0) is 54.0 Å². The van der Waals surface area contributed by atoms with Crippen LogP contribution in [-0.2, 0) is 9.53 Å². The van der Waals surface area contributed by atoms with Crippen molar-refractivity contribution < 1.29 is 14.3 Å². The van der Waals surface area contributed by atoms with Crippen LogP contribution in [0.5, 0.6) is 5.75 Å². The zero-order chi connectivity index (χ0) is 21.8. The van der Waals surface area contributed by atoms with Gasteiger partial charge in [0.1, 0.15) is 12.4 Å². The molecule has 2 atom stereocenters. The highest BCUT2D eigenvalue weighted by Crippen LogP contribution is 2.44. The predicted molar refractivity (Wildman–Crippen MR) is 126 cm³/mol. The van der Waals surface area contributed by atoms with Crippen molar-refractivity contribution in [3.63, 3.8) is 0 Å². The van der Waals surface area contributed by atoms with Crippen LogP contribution in [0.2, 0.25) is 0 Å². The smallest absolute Gasteiger partial charge is 0.250 e. The lowest BCUT2D eigenvalue weighted by atomic mass is 10.0. The van der Waals surface area contributed by atoms with Crippen molar-refractivity contribution in [2.45, 2.75) is 12.1 Å². The van der Waals surface area contributed by atoms with E-state index in [2.05, 4.69) is 32.0 Å². The molecule has 3 heterocycles. The van der Waals surface area contributed by atoms with Crippen LogP contribution in [0.15, 0.2) is 60.1 Å². The Hall–Kier alpha value is -3.01. The average Bonchev–Trinajstić information content (AvgIpc) is 3.42. The van der Waals surface area contributed by atoms with Gasteiger partial charge in [0.15, 0.2) is 5.11 Å². The lowest BCUT2D eigenvalue weighted by Gasteiger charge is -2.27. The summed E-state index contributed by atoms with van der Waals surface area (Å²) in [5.74, 6) is 0.293. The van der Waals surface area contributed by atoms with Crippen molar-refractivity contribution >= 4 is 45.9 Å². The van der Waals surface area contributed by atoms with Crippen LogP contribution in [0.4, 0.5) is 11.4 Å². The van der Waals surface area contributed by atoms with Crippen molar-refractivity contribution in [1.82, 2.24) is 10.3 Å². The predicted octanol–water partition coefficient (Wildman–Crippen LogP) is 3.91. The summed E-state index contributed by atoms with van der Waals surface area (Å²) >= 11 is 7.41. The van der Waals surface area contributed by atoms with E-state index in [4.69, 9.17) is 21.7 Å². The van der Waals surface area contributed by atoms with Crippen LogP contribution < -0.4 is 20.3 Å². The standard InChI is InChI=1S/C22H22N4O3S2/c1-28-13-19(27)24-16-12-14(8-9-17(16)29-2)26-21(18-7-5-11-31-18)20(25-22(26)30)15-6-3-4-10-23-15/h3-12,20-21H,13H2,1-2H3,(H,24,27)(H,25,30)/t20-,21+/m0/s1. The maximum atomic E-state index is 12.1. The van der Waals surface area contributed by atoms with E-state index in [1.807, 2.05) is 42.5 Å². The fraction of sp³-hybridized carbons (Fsp3) is 0.227. The van der Waals surface area contributed by atoms with Gasteiger partial charge in [0, 0.05) is 23.9 Å². The number of benzene rings is 1. The first-order chi connectivity index (χ1) is 15.1. The molecule has 3 aromatic rings. The monoisotopic (exact) mass is 454 g/mol. The third-order valence-corrected chi connectivity index (χ3v) is 6.20. The third-order valence-electron chi connectivity index (χ3n) is 4.94. The van der Waals surface area contributed by atoms with Crippen molar-refractivity contribution in [2.24, 2.45) is 0 Å². The first kappa shape index (κ1) is 21.2. The number of thiocarbonyl (C=S) groups is 1. The Labute approximate surface area is 190 Å². The second kappa shape index (κ2) is 9.42. The minimum atomic E-state index is -0.263. The molecule has 0 radical (unpaired) electrons. The highest BCUT2D eigenvalue weighted by atomic mass is 32.1. The number of anilines is 2. The summed E-state index contributed by atoms with van der Waals surface area (Å²) in [6, 6.07) is 15.4. The van der Waals surface area contributed by atoms with Gasteiger partial charge in [-0.1, -0.05) is 12.1 Å². The molecule has 1 aromatic carbocycles. The number of aromatic nitrogens is 1. The molecule has 0 spiro atoms. The molecule has 7 nitrogen and oxygen atoms in total. The summed E-state index contributed by atoms with van der Waals surface area (Å²) in [6.07, 6.45) is 1.78. The Morgan fingerprint density at radius 1 is 1.26 bits per heavy atom. The molecule has 9 heteroatoms. The first-order valence-corrected chi connectivity index (χ1v) is 10.9. The van der Waals surface area contributed by atoms with E-state index in [-0.39, 0.29) is 24.6 Å². The van der Waals surface area contributed by atoms with Gasteiger partial charge < -0.3 is 25.0 Å². The van der Waals surface area contributed by atoms with E-state index < -0.39 is 0 Å². The van der Waals surface area contributed by atoms with Gasteiger partial charge in [-0.2, -0.15) is 0 Å².